The molecule has 9 amide bonds. The molecule has 0 aliphatic heterocycles. The molecule has 584 valence electrons. The summed E-state index contributed by atoms with van der Waals surface area (Å²) in [5.41, 5.74) is 25.2. The predicted molar refractivity (Wildman–Crippen MR) is 432 cm³/mol. The summed E-state index contributed by atoms with van der Waals surface area (Å²) >= 11 is 0. The lowest BCUT2D eigenvalue weighted by molar-refractivity contribution is -0.886. The molecule has 25 nitrogen and oxygen atoms in total. The minimum atomic E-state index is -0.617. The van der Waals surface area contributed by atoms with Gasteiger partial charge in [0.1, 0.15) is 17.2 Å². The van der Waals surface area contributed by atoms with Crippen LogP contribution >= 0.6 is 0 Å². The molecule has 0 aliphatic rings. The Bertz CT molecular complexity index is 4450. The third-order valence-corrected chi connectivity index (χ3v) is 17.5. The number of primary amides is 2. The Morgan fingerprint density at radius 1 is 0.391 bits per heavy atom. The topological polar surface area (TPSA) is 373 Å². The standard InChI is InChI=1S/C29H36N4O4.C28H34N4O4.C27H32N4O4.CH5N/c1-33(2,3)25(17-21-11-5-4-6-12-21)29(36)31-15-9-10-16-37-26-19-23-14-8-7-13-22(23)18-24(26)28(35)32-20-27(30)34;1-32(2)24(16-20-10-4-3-5-11-20)28(35)30-14-8-9-15-36-25-18-22-13-7-6-12-21(22)17-23(25)27(34)31-19-26(29)33;1-29-25(32)18-31-26(33)22-16-20-11-5-6-12-21(20)17-24(22)35-14-8-7-13-30-27(34)23(28)15-19-9-3-2-4-10-19;1-2/h4-8,11-14,18-19,25H,9-10,15-17,20H2,1-3H3,(H3-,30,31,32,34,35,36);3-7,10-13,17-18,24H,8-9,14-16,19H2,1-2H3,(H2,29,33)(H,30,35)(H,31,34);2-6,9-12,16-17,23H,7-8,13-15,18,28H2,1H3,(H,29,32)(H,30,34)(H,31,33);2H2,1H3/p+1. The fraction of sp³-hybridized carbons (Fsp3) is 0.329. The number of unbranched alkanes of at least 4 members (excludes halogenated alkanes) is 3. The smallest absolute Gasteiger partial charge is 0.278 e. The van der Waals surface area contributed by atoms with Crippen molar-refractivity contribution in [2.24, 2.45) is 22.9 Å². The van der Waals surface area contributed by atoms with Crippen LogP contribution in [0.15, 0.2) is 200 Å². The molecular weight excluding hydrogens is 1400 g/mol. The van der Waals surface area contributed by atoms with E-state index >= 15 is 0 Å². The van der Waals surface area contributed by atoms with Crippen LogP contribution in [-0.4, -0.2) is 189 Å². The summed E-state index contributed by atoms with van der Waals surface area (Å²) in [6.45, 7) is 2.09. The molecule has 0 fully saturated rings. The predicted octanol–water partition coefficient (Wildman–Crippen LogP) is 6.89. The number of amides is 9. The first-order valence-corrected chi connectivity index (χ1v) is 36.8. The number of nitrogens with zero attached hydrogens (tertiary/aromatic N) is 2. The van der Waals surface area contributed by atoms with E-state index in [0.29, 0.717) is 123 Å². The van der Waals surface area contributed by atoms with Crippen molar-refractivity contribution in [3.05, 3.63) is 234 Å². The van der Waals surface area contributed by atoms with Gasteiger partial charge in [-0.3, -0.25) is 48.1 Å². The van der Waals surface area contributed by atoms with E-state index in [1.807, 2.05) is 222 Å². The number of nitrogens with one attached hydrogen (secondary N) is 7. The maximum absolute atomic E-state index is 13.0. The number of fused-ring (bicyclic) bond motifs is 3. The van der Waals surface area contributed by atoms with E-state index in [-0.39, 0.29) is 61.3 Å². The van der Waals surface area contributed by atoms with Gasteiger partial charge >= 0.3 is 0 Å². The van der Waals surface area contributed by atoms with E-state index in [2.05, 4.69) is 43.0 Å². The Hall–Kier alpha value is -11.8. The molecule has 0 heterocycles. The summed E-state index contributed by atoms with van der Waals surface area (Å²) in [7, 11) is 12.9. The monoisotopic (exact) mass is 1500 g/mol. The molecule has 0 radical (unpaired) electrons. The summed E-state index contributed by atoms with van der Waals surface area (Å²) in [4.78, 5) is 112. The Balaban J connectivity index is 0.000000255. The minimum Gasteiger partial charge on any atom is -0.493 e. The highest BCUT2D eigenvalue weighted by Gasteiger charge is 2.32. The molecule has 3 atom stereocenters. The van der Waals surface area contributed by atoms with Crippen molar-refractivity contribution < 1.29 is 61.8 Å². The van der Waals surface area contributed by atoms with Gasteiger partial charge in [0.15, 0.2) is 6.04 Å². The van der Waals surface area contributed by atoms with Gasteiger partial charge in [0, 0.05) is 33.1 Å². The van der Waals surface area contributed by atoms with E-state index in [0.717, 1.165) is 61.8 Å². The highest BCUT2D eigenvalue weighted by molar-refractivity contribution is 6.05. The molecule has 9 rings (SSSR count). The van der Waals surface area contributed by atoms with Gasteiger partial charge in [-0.2, -0.15) is 0 Å². The maximum Gasteiger partial charge on any atom is 0.278 e. The average molecular weight is 1500 g/mol. The highest BCUT2D eigenvalue weighted by atomic mass is 16.5. The number of likely N-dealkylation sites (N-methyl/N-ethyl adjacent to an activating group) is 3. The van der Waals surface area contributed by atoms with Crippen LogP contribution in [-0.2, 0) is 48.0 Å². The van der Waals surface area contributed by atoms with Crippen molar-refractivity contribution in [3.8, 4) is 17.2 Å². The quantitative estimate of drug-likeness (QED) is 0.0139. The number of hydrogen-bond donors (Lipinski definition) is 11. The number of quaternary nitrogens is 1. The number of hydrogen-bond acceptors (Lipinski definition) is 15. The molecule has 9 aromatic rings. The number of benzene rings is 9. The second-order valence-corrected chi connectivity index (χ2v) is 27.1. The molecular formula is C85H108N13O12+. The third kappa shape index (κ3) is 29.8. The normalized spacial score (nSPS) is 11.6. The molecule has 0 bridgehead atoms. The molecule has 0 saturated heterocycles. The molecule has 25 heteroatoms. The Morgan fingerprint density at radius 2 is 0.700 bits per heavy atom. The van der Waals surface area contributed by atoms with Gasteiger partial charge < -0.3 is 78.8 Å². The van der Waals surface area contributed by atoms with E-state index in [4.69, 9.17) is 31.4 Å². The molecule has 3 unspecified atom stereocenters. The SMILES string of the molecule is CN.CN(C)C(Cc1ccccc1)C(=O)NCCCCOc1cc2ccccc2cc1C(=O)NCC(N)=O.CNC(=O)CNC(=O)c1cc2ccccc2cc1OCCCCNC(=O)C(N)Cc1ccccc1.C[N+](C)(C)C(Cc1ccccc1)C(=O)NCCCCOc1cc2ccccc2cc1C(=O)NCC(N)=O. The third-order valence-electron chi connectivity index (χ3n) is 17.5. The molecule has 0 saturated carbocycles. The van der Waals surface area contributed by atoms with Crippen LogP contribution < -0.4 is 74.4 Å². The van der Waals surface area contributed by atoms with Crippen LogP contribution in [0.25, 0.3) is 32.3 Å². The number of carbonyl (C=O) groups is 9. The molecule has 0 aromatic heterocycles. The van der Waals surface area contributed by atoms with E-state index in [1.165, 1.54) is 14.1 Å². The first-order chi connectivity index (χ1) is 53.0. The first kappa shape index (κ1) is 87.1. The van der Waals surface area contributed by atoms with Crippen molar-refractivity contribution >= 4 is 85.5 Å². The van der Waals surface area contributed by atoms with Crippen LogP contribution in [0.4, 0.5) is 0 Å². The number of rotatable bonds is 38. The van der Waals surface area contributed by atoms with Gasteiger partial charge in [-0.15, -0.1) is 0 Å². The van der Waals surface area contributed by atoms with E-state index in [1.54, 1.807) is 18.2 Å². The van der Waals surface area contributed by atoms with E-state index < -0.39 is 29.7 Å². The number of ether oxygens (including phenoxy) is 3. The largest absolute Gasteiger partial charge is 0.493 e. The highest BCUT2D eigenvalue weighted by Crippen LogP contribution is 2.30. The van der Waals surface area contributed by atoms with Crippen LogP contribution in [0.1, 0.15) is 86.3 Å². The first-order valence-electron chi connectivity index (χ1n) is 36.8. The summed E-state index contributed by atoms with van der Waals surface area (Å²) in [6.07, 6.45) is 6.04. The van der Waals surface area contributed by atoms with Gasteiger partial charge in [0.2, 0.25) is 29.5 Å². The van der Waals surface area contributed by atoms with Gasteiger partial charge in [-0.25, -0.2) is 0 Å². The molecule has 110 heavy (non-hydrogen) atoms. The molecule has 0 aliphatic carbocycles. The lowest BCUT2D eigenvalue weighted by Gasteiger charge is -2.33. The van der Waals surface area contributed by atoms with Crippen molar-refractivity contribution in [1.82, 2.24) is 42.1 Å². The molecule has 9 aromatic carbocycles. The van der Waals surface area contributed by atoms with Gasteiger partial charge in [-0.1, -0.05) is 164 Å². The van der Waals surface area contributed by atoms with Crippen LogP contribution in [0.2, 0.25) is 0 Å². The molecule has 15 N–H and O–H groups in total. The van der Waals surface area contributed by atoms with Crippen molar-refractivity contribution in [1.29, 1.82) is 0 Å². The van der Waals surface area contributed by atoms with Crippen LogP contribution in [0.3, 0.4) is 0 Å². The summed E-state index contributed by atoms with van der Waals surface area (Å²) in [5, 5.41) is 24.6. The summed E-state index contributed by atoms with van der Waals surface area (Å²) in [5.74, 6) is -1.57. The van der Waals surface area contributed by atoms with Gasteiger partial charge in [0.05, 0.1) is 89.4 Å². The zero-order chi connectivity index (χ0) is 79.8. The fourth-order valence-corrected chi connectivity index (χ4v) is 11.5. The molecule has 0 spiro atoms. The summed E-state index contributed by atoms with van der Waals surface area (Å²) < 4.78 is 18.4. The average Bonchev–Trinajstić information content (AvgIpc) is 0.812. The van der Waals surface area contributed by atoms with Crippen LogP contribution in [0, 0.1) is 0 Å². The zero-order valence-electron chi connectivity index (χ0n) is 64.1. The lowest BCUT2D eigenvalue weighted by atomic mass is 10.0. The van der Waals surface area contributed by atoms with Gasteiger partial charge in [-0.05, 0) is 158 Å². The maximum atomic E-state index is 13.0. The Kier molecular flexibility index (Phi) is 36.8. The second-order valence-electron chi connectivity index (χ2n) is 27.1. The minimum absolute atomic E-state index is 0.00675. The Morgan fingerprint density at radius 3 is 1.04 bits per heavy atom. The zero-order valence-corrected chi connectivity index (χ0v) is 64.1. The van der Waals surface area contributed by atoms with E-state index in [9.17, 15) is 43.2 Å². The number of nitrogens with two attached hydrogens (primary N) is 4. The van der Waals surface area contributed by atoms with Crippen molar-refractivity contribution in [2.45, 2.75) is 75.9 Å². The number of carbonyl (C=O) groups excluding carboxylic acids is 9. The summed E-state index contributed by atoms with van der Waals surface area (Å²) in [6, 6.07) is 62.4. The van der Waals surface area contributed by atoms with Crippen LogP contribution in [0.5, 0.6) is 17.2 Å². The van der Waals surface area contributed by atoms with Gasteiger partial charge in [0.25, 0.3) is 23.6 Å². The fourth-order valence-electron chi connectivity index (χ4n) is 11.5. The van der Waals surface area contributed by atoms with Crippen molar-refractivity contribution in [2.75, 3.05) is 108 Å². The lowest BCUT2D eigenvalue weighted by Crippen LogP contribution is -2.55. The second kappa shape index (κ2) is 46.4. The Labute approximate surface area is 644 Å². The van der Waals surface area contributed by atoms with Crippen molar-refractivity contribution in [3.63, 3.8) is 0 Å².